The Hall–Kier alpha value is -3.00. The van der Waals surface area contributed by atoms with Crippen LogP contribution in [-0.4, -0.2) is 42.0 Å². The van der Waals surface area contributed by atoms with Crippen LogP contribution in [0.3, 0.4) is 0 Å². The highest BCUT2D eigenvalue weighted by Crippen LogP contribution is 2.44. The molecule has 3 rings (SSSR count). The van der Waals surface area contributed by atoms with Crippen LogP contribution in [0.1, 0.15) is 51.2 Å². The van der Waals surface area contributed by atoms with Crippen molar-refractivity contribution in [1.82, 2.24) is 5.32 Å². The van der Waals surface area contributed by atoms with Crippen LogP contribution in [0.25, 0.3) is 11.1 Å². The zero-order valence-corrected chi connectivity index (χ0v) is 20.1. The van der Waals surface area contributed by atoms with Crippen molar-refractivity contribution in [2.75, 3.05) is 12.4 Å². The average molecular weight is 472 g/mol. The van der Waals surface area contributed by atoms with E-state index >= 15 is 0 Å². The van der Waals surface area contributed by atoms with E-state index in [1.807, 2.05) is 55.5 Å². The summed E-state index contributed by atoms with van der Waals surface area (Å²) in [5.41, 5.74) is 3.61. The summed E-state index contributed by atoms with van der Waals surface area (Å²) in [5, 5.41) is 2.47. The van der Waals surface area contributed by atoms with Crippen LogP contribution in [-0.2, 0) is 23.2 Å². The first-order valence-electron chi connectivity index (χ1n) is 10.9. The van der Waals surface area contributed by atoms with Crippen LogP contribution in [0.2, 0.25) is 0 Å². The smallest absolute Gasteiger partial charge is 0.407 e. The molecule has 0 heterocycles. The van der Waals surface area contributed by atoms with Gasteiger partial charge in [-0.15, -0.1) is 0 Å². The summed E-state index contributed by atoms with van der Waals surface area (Å²) >= 11 is 0.970. The molecule has 1 N–H and O–H groups in total. The molecule has 0 radical (unpaired) electrons. The lowest BCUT2D eigenvalue weighted by atomic mass is 9.98. The molecule has 7 nitrogen and oxygen atoms in total. The van der Waals surface area contributed by atoms with Gasteiger partial charge in [-0.1, -0.05) is 55.5 Å². The first kappa shape index (κ1) is 24.6. The Balaban J connectivity index is 1.67. The summed E-state index contributed by atoms with van der Waals surface area (Å²) in [5.74, 6) is -0.900. The molecule has 0 fully saturated rings. The van der Waals surface area contributed by atoms with Gasteiger partial charge in [0.2, 0.25) is 0 Å². The molecule has 0 spiro atoms. The van der Waals surface area contributed by atoms with Crippen LogP contribution in [0.15, 0.2) is 48.5 Å². The van der Waals surface area contributed by atoms with E-state index in [-0.39, 0.29) is 18.9 Å². The number of carbonyl (C=O) groups excluding carboxylic acids is 3. The van der Waals surface area contributed by atoms with Crippen molar-refractivity contribution in [1.29, 1.82) is 0 Å². The second kappa shape index (κ2) is 10.7. The predicted molar refractivity (Wildman–Crippen MR) is 127 cm³/mol. The van der Waals surface area contributed by atoms with Gasteiger partial charge in [-0.3, -0.25) is 4.79 Å². The van der Waals surface area contributed by atoms with Gasteiger partial charge in [-0.25, -0.2) is 9.59 Å². The molecule has 0 aromatic heterocycles. The largest absolute Gasteiger partial charge is 0.458 e. The zero-order valence-electron chi connectivity index (χ0n) is 19.3. The molecular formula is C25H29NO6S. The maximum absolute atomic E-state index is 12.6. The number of alkyl carbamates (subject to hydrolysis) is 1. The van der Waals surface area contributed by atoms with Crippen LogP contribution in [0, 0.1) is 0 Å². The summed E-state index contributed by atoms with van der Waals surface area (Å²) in [6.45, 7) is 7.05. The lowest BCUT2D eigenvalue weighted by Crippen LogP contribution is -2.45. The molecule has 0 saturated carbocycles. The Morgan fingerprint density at radius 1 is 1.00 bits per heavy atom. The molecule has 2 aromatic carbocycles. The molecule has 176 valence electrons. The molecule has 0 aliphatic heterocycles. The number of carbonyl (C=O) groups is 3. The Bertz CT molecular complexity index is 970. The Kier molecular flexibility index (Phi) is 8.02. The zero-order chi connectivity index (χ0) is 24.0. The summed E-state index contributed by atoms with van der Waals surface area (Å²) in [6, 6.07) is 14.8. The molecule has 0 saturated heterocycles. The molecule has 1 atom stereocenters. The highest BCUT2D eigenvalue weighted by atomic mass is 32.2. The van der Waals surface area contributed by atoms with E-state index in [0.717, 1.165) is 34.3 Å². The van der Waals surface area contributed by atoms with Crippen molar-refractivity contribution in [3.8, 4) is 11.1 Å². The van der Waals surface area contributed by atoms with E-state index in [4.69, 9.17) is 13.7 Å². The summed E-state index contributed by atoms with van der Waals surface area (Å²) in [7, 11) is 0. The van der Waals surface area contributed by atoms with Crippen LogP contribution >= 0.6 is 12.0 Å². The number of hydrogen-bond acceptors (Lipinski definition) is 7. The molecule has 0 bridgehead atoms. The Labute approximate surface area is 198 Å². The summed E-state index contributed by atoms with van der Waals surface area (Å²) < 4.78 is 15.8. The second-order valence-electron chi connectivity index (χ2n) is 8.62. The highest BCUT2D eigenvalue weighted by Gasteiger charge is 2.32. The third-order valence-corrected chi connectivity index (χ3v) is 5.51. The monoisotopic (exact) mass is 471 g/mol. The van der Waals surface area contributed by atoms with E-state index in [1.54, 1.807) is 20.8 Å². The Morgan fingerprint density at radius 2 is 1.58 bits per heavy atom. The minimum atomic E-state index is -1.22. The van der Waals surface area contributed by atoms with Crippen LogP contribution in [0.4, 0.5) is 4.79 Å². The average Bonchev–Trinajstić information content (AvgIpc) is 3.08. The van der Waals surface area contributed by atoms with E-state index in [1.165, 1.54) is 0 Å². The van der Waals surface area contributed by atoms with Gasteiger partial charge in [0.1, 0.15) is 18.2 Å². The van der Waals surface area contributed by atoms with Crippen molar-refractivity contribution in [3.05, 3.63) is 59.7 Å². The van der Waals surface area contributed by atoms with Gasteiger partial charge >= 0.3 is 18.0 Å². The third kappa shape index (κ3) is 6.51. The van der Waals surface area contributed by atoms with Crippen molar-refractivity contribution in [2.24, 2.45) is 0 Å². The number of hydrogen-bond donors (Lipinski definition) is 1. The minimum Gasteiger partial charge on any atom is -0.458 e. The number of fused-ring (bicyclic) bond motifs is 3. The molecule has 1 aliphatic rings. The fraction of sp³-hybridized carbons (Fsp3) is 0.400. The van der Waals surface area contributed by atoms with Gasteiger partial charge in [0, 0.05) is 11.7 Å². The topological polar surface area (TPSA) is 90.9 Å². The Morgan fingerprint density at radius 3 is 2.12 bits per heavy atom. The number of benzene rings is 2. The number of rotatable bonds is 8. The van der Waals surface area contributed by atoms with Crippen LogP contribution < -0.4 is 5.32 Å². The number of nitrogens with one attached hydrogen (secondary N) is 1. The maximum Gasteiger partial charge on any atom is 0.407 e. The number of ether oxygens (including phenoxy) is 2. The van der Waals surface area contributed by atoms with Crippen LogP contribution in [0.5, 0.6) is 0 Å². The van der Waals surface area contributed by atoms with Crippen molar-refractivity contribution in [2.45, 2.75) is 51.7 Å². The van der Waals surface area contributed by atoms with E-state index < -0.39 is 29.7 Å². The minimum absolute atomic E-state index is 0.0943. The lowest BCUT2D eigenvalue weighted by molar-refractivity contribution is -0.159. The van der Waals surface area contributed by atoms with Gasteiger partial charge in [-0.05, 0) is 43.0 Å². The molecule has 8 heteroatoms. The van der Waals surface area contributed by atoms with Gasteiger partial charge in [-0.2, -0.15) is 0 Å². The lowest BCUT2D eigenvalue weighted by Gasteiger charge is -2.24. The van der Waals surface area contributed by atoms with Gasteiger partial charge in [0.05, 0.1) is 18.5 Å². The summed E-state index contributed by atoms with van der Waals surface area (Å²) in [4.78, 5) is 37.2. The van der Waals surface area contributed by atoms with Crippen molar-refractivity contribution < 1.29 is 28.0 Å². The van der Waals surface area contributed by atoms with E-state index in [0.29, 0.717) is 5.75 Å². The molecule has 33 heavy (non-hydrogen) atoms. The third-order valence-electron chi connectivity index (χ3n) is 4.97. The highest BCUT2D eigenvalue weighted by molar-refractivity contribution is 7.95. The number of esters is 1. The van der Waals surface area contributed by atoms with Gasteiger partial charge < -0.3 is 19.0 Å². The SMILES string of the molecule is CCSOC(=O)C[C@H](NC(=O)OCC1c2ccccc2-c2ccccc21)C(=O)OC(C)(C)C. The first-order chi connectivity index (χ1) is 15.7. The maximum atomic E-state index is 12.6. The van der Waals surface area contributed by atoms with E-state index in [2.05, 4.69) is 5.32 Å². The van der Waals surface area contributed by atoms with Gasteiger partial charge in [0.25, 0.3) is 0 Å². The summed E-state index contributed by atoms with van der Waals surface area (Å²) in [6.07, 6.45) is -1.16. The standard InChI is InChI=1S/C25H29NO6S/c1-5-33-32-22(27)14-21(23(28)31-25(2,3)4)26-24(29)30-15-20-18-12-8-6-10-16(18)17-11-7-9-13-19(17)20/h6-13,20-21H,5,14-15H2,1-4H3,(H,26,29)/t21-/m0/s1. The normalized spacial score (nSPS) is 13.5. The van der Waals surface area contributed by atoms with Gasteiger partial charge in [0.15, 0.2) is 0 Å². The molecule has 1 amide bonds. The van der Waals surface area contributed by atoms with Crippen molar-refractivity contribution >= 4 is 30.1 Å². The quantitative estimate of drug-likeness (QED) is 0.435. The fourth-order valence-electron chi connectivity index (χ4n) is 3.67. The fourth-order valence-corrected chi connectivity index (χ4v) is 3.99. The predicted octanol–water partition coefficient (Wildman–Crippen LogP) is 4.84. The molecule has 1 aliphatic carbocycles. The van der Waals surface area contributed by atoms with E-state index in [9.17, 15) is 14.4 Å². The molecular weight excluding hydrogens is 442 g/mol. The molecule has 0 unspecified atom stereocenters. The second-order valence-corrected chi connectivity index (χ2v) is 9.60. The first-order valence-corrected chi connectivity index (χ1v) is 11.8. The number of amides is 1. The molecule has 2 aromatic rings. The van der Waals surface area contributed by atoms with Crippen molar-refractivity contribution in [3.63, 3.8) is 0 Å².